The van der Waals surface area contributed by atoms with E-state index in [1.807, 2.05) is 22.9 Å². The number of hydrogen-bond acceptors (Lipinski definition) is 7. The molecule has 5 N–H and O–H groups in total. The van der Waals surface area contributed by atoms with Crippen molar-refractivity contribution in [2.45, 2.75) is 38.4 Å². The minimum absolute atomic E-state index is 0.176. The molecule has 1 atom stereocenters. The van der Waals surface area contributed by atoms with Gasteiger partial charge in [-0.1, -0.05) is 19.4 Å². The summed E-state index contributed by atoms with van der Waals surface area (Å²) in [4.78, 5) is 8.62. The molecule has 2 heterocycles. The van der Waals surface area contributed by atoms with Crippen LogP contribution in [0.2, 0.25) is 0 Å². The number of rotatable bonds is 8. The van der Waals surface area contributed by atoms with Gasteiger partial charge in [-0.3, -0.25) is 4.68 Å². The van der Waals surface area contributed by atoms with Crippen LogP contribution in [0.1, 0.15) is 30.9 Å². The highest BCUT2D eigenvalue weighted by Gasteiger charge is 2.16. The fourth-order valence-electron chi connectivity index (χ4n) is 3.00. The summed E-state index contributed by atoms with van der Waals surface area (Å²) in [5, 5.41) is 7.69. The second-order valence-electron chi connectivity index (χ2n) is 6.29. The average Bonchev–Trinajstić information content (AvgIpc) is 3.04. The number of nitrogen functional groups attached to an aromatic ring is 1. The Hall–Kier alpha value is -2.58. The van der Waals surface area contributed by atoms with Gasteiger partial charge in [0.05, 0.1) is 26.0 Å². The zero-order valence-corrected chi connectivity index (χ0v) is 16.2. The van der Waals surface area contributed by atoms with Crippen LogP contribution in [-0.4, -0.2) is 33.0 Å². The topological polar surface area (TPSA) is 117 Å². The summed E-state index contributed by atoms with van der Waals surface area (Å²) in [5.41, 5.74) is 15.3. The van der Waals surface area contributed by atoms with Crippen LogP contribution in [0.4, 0.5) is 11.8 Å². The molecular formula is C18H24ClN7O. The predicted octanol–water partition coefficient (Wildman–Crippen LogP) is 2.70. The Kier molecular flexibility index (Phi) is 5.98. The summed E-state index contributed by atoms with van der Waals surface area (Å²) in [6.45, 7) is 2.55. The van der Waals surface area contributed by atoms with E-state index in [0.29, 0.717) is 23.8 Å². The number of ether oxygens (including phenoxy) is 1. The first kappa shape index (κ1) is 19.2. The van der Waals surface area contributed by atoms with Crippen molar-refractivity contribution in [3.63, 3.8) is 0 Å². The summed E-state index contributed by atoms with van der Waals surface area (Å²) in [6.07, 6.45) is 3.21. The number of fused-ring (bicyclic) bond motifs is 1. The number of halogens is 1. The van der Waals surface area contributed by atoms with E-state index in [9.17, 15) is 0 Å². The summed E-state index contributed by atoms with van der Waals surface area (Å²) >= 11 is 5.98. The lowest BCUT2D eigenvalue weighted by Gasteiger charge is -2.16. The first-order valence-corrected chi connectivity index (χ1v) is 9.32. The van der Waals surface area contributed by atoms with E-state index in [0.717, 1.165) is 35.2 Å². The van der Waals surface area contributed by atoms with Crippen LogP contribution in [0.3, 0.4) is 0 Å². The predicted molar refractivity (Wildman–Crippen MR) is 108 cm³/mol. The summed E-state index contributed by atoms with van der Waals surface area (Å²) < 4.78 is 7.29. The van der Waals surface area contributed by atoms with Crippen molar-refractivity contribution in [1.29, 1.82) is 0 Å². The van der Waals surface area contributed by atoms with Crippen LogP contribution >= 0.6 is 11.6 Å². The Labute approximate surface area is 162 Å². The number of nitrogens with two attached hydrogens (primary N) is 2. The Balaban J connectivity index is 2.03. The number of hydrogen-bond donors (Lipinski definition) is 3. The molecule has 0 spiro atoms. The lowest BCUT2D eigenvalue weighted by atomic mass is 10.1. The number of nitrogens with one attached hydrogen (secondary N) is 1. The van der Waals surface area contributed by atoms with E-state index >= 15 is 0 Å². The van der Waals surface area contributed by atoms with Gasteiger partial charge in [0, 0.05) is 11.4 Å². The first-order valence-electron chi connectivity index (χ1n) is 8.78. The van der Waals surface area contributed by atoms with Gasteiger partial charge < -0.3 is 21.5 Å². The monoisotopic (exact) mass is 389 g/mol. The molecule has 0 amide bonds. The second kappa shape index (κ2) is 8.41. The number of aromatic nitrogens is 4. The molecule has 1 unspecified atom stereocenters. The lowest BCUT2D eigenvalue weighted by Crippen LogP contribution is -2.30. The van der Waals surface area contributed by atoms with Gasteiger partial charge in [0.25, 0.3) is 0 Å². The zero-order chi connectivity index (χ0) is 19.4. The van der Waals surface area contributed by atoms with Crippen LogP contribution in [0.5, 0.6) is 5.75 Å². The maximum Gasteiger partial charge on any atom is 0.222 e. The molecule has 0 aliphatic carbocycles. The van der Waals surface area contributed by atoms with E-state index in [-0.39, 0.29) is 12.1 Å². The fraction of sp³-hybridized carbons (Fsp3) is 0.389. The van der Waals surface area contributed by atoms with E-state index < -0.39 is 0 Å². The van der Waals surface area contributed by atoms with Crippen LogP contribution in [0.25, 0.3) is 11.0 Å². The van der Waals surface area contributed by atoms with Crippen LogP contribution in [0, 0.1) is 0 Å². The van der Waals surface area contributed by atoms with Crippen molar-refractivity contribution in [3.8, 4) is 5.75 Å². The molecule has 144 valence electrons. The number of alkyl halides is 1. The Morgan fingerprint density at radius 3 is 2.85 bits per heavy atom. The lowest BCUT2D eigenvalue weighted by molar-refractivity contribution is 0.407. The molecule has 2 aromatic heterocycles. The van der Waals surface area contributed by atoms with Gasteiger partial charge in [0.2, 0.25) is 5.95 Å². The molecule has 0 radical (unpaired) electrons. The van der Waals surface area contributed by atoms with Gasteiger partial charge in [-0.15, -0.1) is 11.6 Å². The number of anilines is 2. The van der Waals surface area contributed by atoms with E-state index in [1.165, 1.54) is 0 Å². The van der Waals surface area contributed by atoms with Crippen molar-refractivity contribution in [3.05, 3.63) is 35.5 Å². The number of methoxy groups -OCH3 is 1. The molecule has 9 heteroatoms. The summed E-state index contributed by atoms with van der Waals surface area (Å²) in [6, 6.07) is 5.86. The van der Waals surface area contributed by atoms with Crippen molar-refractivity contribution >= 4 is 34.4 Å². The quantitative estimate of drug-likeness (QED) is 0.400. The van der Waals surface area contributed by atoms with E-state index in [2.05, 4.69) is 27.3 Å². The molecule has 0 saturated heterocycles. The van der Waals surface area contributed by atoms with Crippen molar-refractivity contribution in [2.24, 2.45) is 5.73 Å². The average molecular weight is 390 g/mol. The summed E-state index contributed by atoms with van der Waals surface area (Å²) in [7, 11) is 1.64. The minimum Gasteiger partial charge on any atom is -0.496 e. The SMILES string of the molecule is CCCC(N)Nc1nc(N)nc2cnn(Cc3cc(CCl)ccc3OC)c12. The molecule has 0 aliphatic heterocycles. The smallest absolute Gasteiger partial charge is 0.222 e. The Morgan fingerprint density at radius 2 is 2.15 bits per heavy atom. The van der Waals surface area contributed by atoms with Crippen LogP contribution < -0.4 is 21.5 Å². The van der Waals surface area contributed by atoms with E-state index in [1.54, 1.807) is 13.3 Å². The highest BCUT2D eigenvalue weighted by atomic mass is 35.5. The molecule has 0 saturated carbocycles. The molecule has 1 aromatic carbocycles. The molecule has 3 rings (SSSR count). The maximum absolute atomic E-state index is 6.14. The van der Waals surface area contributed by atoms with Crippen LogP contribution in [0.15, 0.2) is 24.4 Å². The summed E-state index contributed by atoms with van der Waals surface area (Å²) in [5.74, 6) is 1.94. The molecule has 27 heavy (non-hydrogen) atoms. The van der Waals surface area contributed by atoms with Gasteiger partial charge >= 0.3 is 0 Å². The normalized spacial score (nSPS) is 12.3. The number of nitrogens with zero attached hydrogens (tertiary/aromatic N) is 4. The molecule has 8 nitrogen and oxygen atoms in total. The van der Waals surface area contributed by atoms with Crippen molar-refractivity contribution in [2.75, 3.05) is 18.2 Å². The maximum atomic E-state index is 6.14. The van der Waals surface area contributed by atoms with Crippen molar-refractivity contribution < 1.29 is 4.74 Å². The van der Waals surface area contributed by atoms with Gasteiger partial charge in [-0.25, -0.2) is 4.98 Å². The van der Waals surface area contributed by atoms with Gasteiger partial charge in [0.1, 0.15) is 16.8 Å². The number of benzene rings is 1. The Bertz CT molecular complexity index is 927. The van der Waals surface area contributed by atoms with Crippen molar-refractivity contribution in [1.82, 2.24) is 19.7 Å². The second-order valence-corrected chi connectivity index (χ2v) is 6.55. The fourth-order valence-corrected chi connectivity index (χ4v) is 3.16. The third kappa shape index (κ3) is 4.23. The Morgan fingerprint density at radius 1 is 1.33 bits per heavy atom. The van der Waals surface area contributed by atoms with E-state index in [4.69, 9.17) is 27.8 Å². The molecule has 0 aliphatic rings. The largest absolute Gasteiger partial charge is 0.496 e. The molecular weight excluding hydrogens is 366 g/mol. The third-order valence-electron chi connectivity index (χ3n) is 4.25. The van der Waals surface area contributed by atoms with Crippen LogP contribution in [-0.2, 0) is 12.4 Å². The molecule has 0 fully saturated rings. The van der Waals surface area contributed by atoms with Gasteiger partial charge in [0.15, 0.2) is 5.82 Å². The highest BCUT2D eigenvalue weighted by molar-refractivity contribution is 6.17. The third-order valence-corrected chi connectivity index (χ3v) is 4.56. The first-order chi connectivity index (χ1) is 13.0. The van der Waals surface area contributed by atoms with Gasteiger partial charge in [-0.2, -0.15) is 10.1 Å². The minimum atomic E-state index is -0.232. The zero-order valence-electron chi connectivity index (χ0n) is 15.4. The molecule has 0 bridgehead atoms. The van der Waals surface area contributed by atoms with Gasteiger partial charge in [-0.05, 0) is 24.1 Å². The standard InChI is InChI=1S/C18H24ClN7O/c1-3-4-15(20)24-17-16-13(23-18(21)25-17)9-22-26(16)10-12-7-11(8-19)5-6-14(12)27-2/h5-7,9,15H,3-4,8,10,20H2,1-2H3,(H3,21,23,24,25). The molecule has 3 aromatic rings. The highest BCUT2D eigenvalue weighted by Crippen LogP contribution is 2.26.